The third kappa shape index (κ3) is 7.87. The number of nitrogens with one attached hydrogen (secondary N) is 2. The molecule has 6 aliphatic rings. The fraction of sp³-hybridized carbons (Fsp3) is 0.816. The van der Waals surface area contributed by atoms with Gasteiger partial charge in [-0.3, -0.25) is 29.1 Å². The Morgan fingerprint density at radius 3 is 2.31 bits per heavy atom. The lowest BCUT2D eigenvalue weighted by Gasteiger charge is -2.56. The van der Waals surface area contributed by atoms with Crippen LogP contribution in [0.1, 0.15) is 39.0 Å². The molecule has 6 rings (SSSR count). The highest BCUT2D eigenvalue weighted by atomic mass is 16.8. The van der Waals surface area contributed by atoms with Crippen LogP contribution >= 0.6 is 0 Å². The Bertz CT molecular complexity index is 1600. The summed E-state index contributed by atoms with van der Waals surface area (Å²) in [7, 11) is 2.86. The van der Waals surface area contributed by atoms with E-state index in [1.807, 2.05) is 6.92 Å². The standard InChI is InChI=1S/C38H60N6O14/c1-16-8-19-28(31(50)20(16)12-43-36(40)41-2)32(51)29-23(10-22(56-3)21(14-45)27(29)30(19)49)57-35-33(52)34(53)37(54,38(55,15-46)58-35)11-18(17-6-7-42-24(39)9-17)13-44-25(47)4-5-26(44)48/h4-5,16-24,27-29,31,33-35,42,45-46,50,52-55H,6-15,39H2,1-3H3,(H3,40,41,43). The maximum Gasteiger partial charge on any atom is 0.253 e. The highest BCUT2D eigenvalue weighted by Gasteiger charge is 2.67. The number of imide groups is 1. The molecule has 18 unspecified atom stereocenters. The Kier molecular flexibility index (Phi) is 13.5. The molecule has 0 aromatic heterocycles. The van der Waals surface area contributed by atoms with Crippen LogP contribution in [0, 0.1) is 53.3 Å². The number of hydrogen-bond donors (Lipinski definition) is 11. The van der Waals surface area contributed by atoms with Crippen LogP contribution in [0.2, 0.25) is 0 Å². The van der Waals surface area contributed by atoms with Gasteiger partial charge in [0.25, 0.3) is 11.8 Å². The van der Waals surface area contributed by atoms with E-state index in [9.17, 15) is 54.9 Å². The van der Waals surface area contributed by atoms with Crippen molar-refractivity contribution < 1.29 is 69.1 Å². The van der Waals surface area contributed by atoms with Crippen molar-refractivity contribution in [2.45, 2.75) is 93.4 Å². The number of amides is 2. The van der Waals surface area contributed by atoms with E-state index in [4.69, 9.17) is 25.7 Å². The molecule has 58 heavy (non-hydrogen) atoms. The molecule has 13 N–H and O–H groups in total. The first kappa shape index (κ1) is 44.6. The number of fused-ring (bicyclic) bond motifs is 2. The van der Waals surface area contributed by atoms with Gasteiger partial charge in [0.2, 0.25) is 5.79 Å². The van der Waals surface area contributed by atoms with Crippen LogP contribution in [-0.4, -0.2) is 171 Å². The van der Waals surface area contributed by atoms with E-state index in [1.54, 1.807) is 0 Å². The first-order chi connectivity index (χ1) is 27.4. The van der Waals surface area contributed by atoms with Gasteiger partial charge in [-0.25, -0.2) is 0 Å². The quantitative estimate of drug-likeness (QED) is 0.0500. The molecule has 0 radical (unpaired) electrons. The maximum absolute atomic E-state index is 14.7. The summed E-state index contributed by atoms with van der Waals surface area (Å²) in [5, 5.41) is 86.3. The smallest absolute Gasteiger partial charge is 0.253 e. The van der Waals surface area contributed by atoms with Gasteiger partial charge in [-0.1, -0.05) is 6.92 Å². The molecule has 2 amide bonds. The van der Waals surface area contributed by atoms with Crippen LogP contribution in [-0.2, 0) is 33.4 Å². The third-order valence-corrected chi connectivity index (χ3v) is 14.1. The number of nitrogens with zero attached hydrogens (tertiary/aromatic N) is 2. The largest absolute Gasteiger partial charge is 0.396 e. The summed E-state index contributed by atoms with van der Waals surface area (Å²) in [5.41, 5.74) is 9.18. The minimum absolute atomic E-state index is 0.130. The summed E-state index contributed by atoms with van der Waals surface area (Å²) in [6.07, 6.45) is -7.80. The number of Topliss-reactive ketones (excluding diaryl/α,β-unsaturated/α-hetero) is 2. The van der Waals surface area contributed by atoms with Gasteiger partial charge in [0.05, 0.1) is 36.3 Å². The van der Waals surface area contributed by atoms with E-state index in [1.165, 1.54) is 14.2 Å². The van der Waals surface area contributed by atoms with E-state index >= 15 is 0 Å². The number of rotatable bonds is 12. The van der Waals surface area contributed by atoms with Crippen molar-refractivity contribution in [1.82, 2.24) is 15.5 Å². The summed E-state index contributed by atoms with van der Waals surface area (Å²) in [4.78, 5) is 59.2. The van der Waals surface area contributed by atoms with Gasteiger partial charge in [-0.05, 0) is 50.0 Å². The lowest BCUT2D eigenvalue weighted by atomic mass is 9.51. The van der Waals surface area contributed by atoms with E-state index in [-0.39, 0.29) is 49.5 Å². The van der Waals surface area contributed by atoms with Gasteiger partial charge < -0.3 is 72.1 Å². The van der Waals surface area contributed by atoms with Crippen LogP contribution in [0.25, 0.3) is 0 Å². The van der Waals surface area contributed by atoms with E-state index in [0.29, 0.717) is 19.4 Å². The molecule has 18 atom stereocenters. The zero-order valence-corrected chi connectivity index (χ0v) is 33.0. The molecule has 5 fully saturated rings. The zero-order chi connectivity index (χ0) is 42.4. The highest BCUT2D eigenvalue weighted by Crippen LogP contribution is 2.53. The first-order valence-corrected chi connectivity index (χ1v) is 20.1. The molecule has 20 heteroatoms. The number of ether oxygens (including phenoxy) is 3. The molecule has 0 aromatic carbocycles. The number of aliphatic hydroxyl groups excluding tert-OH is 5. The summed E-state index contributed by atoms with van der Waals surface area (Å²) in [5.74, 6) is -12.2. The molecule has 2 saturated heterocycles. The second kappa shape index (κ2) is 17.5. The summed E-state index contributed by atoms with van der Waals surface area (Å²) >= 11 is 0. The summed E-state index contributed by atoms with van der Waals surface area (Å²) < 4.78 is 17.7. The number of aliphatic hydroxyl groups is 7. The Morgan fingerprint density at radius 1 is 1.02 bits per heavy atom. The van der Waals surface area contributed by atoms with Crippen LogP contribution in [0.4, 0.5) is 0 Å². The number of carbonyl (C=O) groups is 4. The molecule has 3 heterocycles. The maximum atomic E-state index is 14.7. The van der Waals surface area contributed by atoms with Gasteiger partial charge in [-0.2, -0.15) is 0 Å². The van der Waals surface area contributed by atoms with Crippen LogP contribution in [0.3, 0.4) is 0 Å². The second-order valence-electron chi connectivity index (χ2n) is 17.1. The minimum Gasteiger partial charge on any atom is -0.396 e. The minimum atomic E-state index is -3.03. The normalized spacial score (nSPS) is 45.3. The van der Waals surface area contributed by atoms with E-state index in [2.05, 4.69) is 15.6 Å². The van der Waals surface area contributed by atoms with Crippen LogP contribution in [0.15, 0.2) is 17.1 Å². The van der Waals surface area contributed by atoms with Crippen molar-refractivity contribution in [2.24, 2.45) is 69.7 Å². The predicted molar refractivity (Wildman–Crippen MR) is 200 cm³/mol. The number of nitrogens with two attached hydrogens (primary N) is 2. The molecule has 326 valence electrons. The number of carbonyl (C=O) groups excluding carboxylic acids is 4. The molecule has 3 saturated carbocycles. The Morgan fingerprint density at radius 2 is 1.71 bits per heavy atom. The Balaban J connectivity index is 1.29. The average Bonchev–Trinajstić information content (AvgIpc) is 3.52. The van der Waals surface area contributed by atoms with E-state index < -0.39 is 133 Å². The van der Waals surface area contributed by atoms with Gasteiger partial charge >= 0.3 is 0 Å². The summed E-state index contributed by atoms with van der Waals surface area (Å²) in [6.45, 7) is 0.396. The lowest BCUT2D eigenvalue weighted by molar-refractivity contribution is -0.437. The molecule has 20 nitrogen and oxygen atoms in total. The molecular formula is C38H60N6O14. The average molecular weight is 825 g/mol. The van der Waals surface area contributed by atoms with Gasteiger partial charge in [0.1, 0.15) is 36.0 Å². The van der Waals surface area contributed by atoms with Crippen molar-refractivity contribution in [3.63, 3.8) is 0 Å². The summed E-state index contributed by atoms with van der Waals surface area (Å²) in [6, 6.07) is 0. The van der Waals surface area contributed by atoms with Gasteiger partial charge in [0.15, 0.2) is 12.2 Å². The highest BCUT2D eigenvalue weighted by molar-refractivity contribution is 6.12. The zero-order valence-electron chi connectivity index (χ0n) is 33.0. The second-order valence-corrected chi connectivity index (χ2v) is 17.1. The van der Waals surface area contributed by atoms with Crippen molar-refractivity contribution in [2.75, 3.05) is 47.0 Å². The number of hydrogen-bond acceptors (Lipinski definition) is 17. The lowest BCUT2D eigenvalue weighted by Crippen LogP contribution is -2.75. The fourth-order valence-electron chi connectivity index (χ4n) is 10.8. The monoisotopic (exact) mass is 824 g/mol. The van der Waals surface area contributed by atoms with E-state index in [0.717, 1.165) is 17.1 Å². The van der Waals surface area contributed by atoms with Crippen LogP contribution in [0.5, 0.6) is 0 Å². The van der Waals surface area contributed by atoms with Crippen molar-refractivity contribution in [3.8, 4) is 0 Å². The van der Waals surface area contributed by atoms with Crippen molar-refractivity contribution in [1.29, 1.82) is 0 Å². The molecule has 0 aromatic rings. The number of aliphatic imine (C=N–C) groups is 1. The number of methoxy groups -OCH3 is 1. The van der Waals surface area contributed by atoms with Gasteiger partial charge in [-0.15, -0.1) is 0 Å². The fourth-order valence-corrected chi connectivity index (χ4v) is 10.8. The predicted octanol–water partition coefficient (Wildman–Crippen LogP) is -4.73. The number of ketones is 2. The topological polar surface area (TPSA) is 329 Å². The number of guanidine groups is 1. The molecule has 0 bridgehead atoms. The molecule has 3 aliphatic heterocycles. The van der Waals surface area contributed by atoms with Gasteiger partial charge in [0, 0.05) is 76.1 Å². The first-order valence-electron chi connectivity index (χ1n) is 20.1. The SMILES string of the molecule is CN=C(N)NCC1C(C)CC2C(=O)C3C(CO)C(OC)CC(OC4OC(O)(CO)C(O)(CC(CN5C(=O)C=CC5=O)C5CCNC(N)C5)C(O)C4O)C3C(=O)C2C1O. The molecule has 3 aliphatic carbocycles. The molecule has 0 spiro atoms. The van der Waals surface area contributed by atoms with Crippen LogP contribution < -0.4 is 22.1 Å². The van der Waals surface area contributed by atoms with Crippen molar-refractivity contribution in [3.05, 3.63) is 12.2 Å². The molecular weight excluding hydrogens is 764 g/mol. The third-order valence-electron chi connectivity index (χ3n) is 14.1. The Labute approximate surface area is 335 Å². The van der Waals surface area contributed by atoms with Crippen molar-refractivity contribution >= 4 is 29.3 Å². The Hall–Kier alpha value is -2.99. The number of piperidine rings is 1.